The monoisotopic (exact) mass is 186 g/mol. The number of halogens is 2. The van der Waals surface area contributed by atoms with Crippen LogP contribution in [-0.4, -0.2) is 5.88 Å². The summed E-state index contributed by atoms with van der Waals surface area (Å²) in [6.07, 6.45) is 1.89. The Kier molecular flexibility index (Phi) is 3.54. The van der Waals surface area contributed by atoms with Crippen molar-refractivity contribution in [2.75, 3.05) is 5.88 Å². The number of aryl methyl sites for hydroxylation is 2. The summed E-state index contributed by atoms with van der Waals surface area (Å²) in [4.78, 5) is 0. The van der Waals surface area contributed by atoms with E-state index in [2.05, 4.69) is 0 Å². The fourth-order valence-corrected chi connectivity index (χ4v) is 1.33. The Morgan fingerprint density at radius 1 is 1.42 bits per heavy atom. The maximum atomic E-state index is 12.6. The molecule has 0 saturated carbocycles. The molecule has 0 amide bonds. The summed E-state index contributed by atoms with van der Waals surface area (Å²) < 4.78 is 12.6. The molecule has 0 saturated heterocycles. The van der Waals surface area contributed by atoms with E-state index in [0.717, 1.165) is 18.4 Å². The number of hydrogen-bond acceptors (Lipinski definition) is 0. The highest BCUT2D eigenvalue weighted by atomic mass is 35.5. The maximum Gasteiger partial charge on any atom is 0.123 e. The van der Waals surface area contributed by atoms with Gasteiger partial charge < -0.3 is 0 Å². The van der Waals surface area contributed by atoms with Crippen LogP contribution in [0.2, 0.25) is 0 Å². The van der Waals surface area contributed by atoms with E-state index in [9.17, 15) is 4.39 Å². The van der Waals surface area contributed by atoms with Gasteiger partial charge in [-0.05, 0) is 43.0 Å². The molecule has 2 heteroatoms. The molecule has 0 aliphatic carbocycles. The van der Waals surface area contributed by atoms with Gasteiger partial charge in [-0.3, -0.25) is 0 Å². The first-order valence-electron chi connectivity index (χ1n) is 4.05. The summed E-state index contributed by atoms with van der Waals surface area (Å²) in [6.45, 7) is 1.92. The minimum Gasteiger partial charge on any atom is -0.207 e. The normalized spacial score (nSPS) is 10.2. The first-order valence-corrected chi connectivity index (χ1v) is 4.58. The van der Waals surface area contributed by atoms with Gasteiger partial charge in [0.1, 0.15) is 5.82 Å². The zero-order valence-corrected chi connectivity index (χ0v) is 7.87. The maximum absolute atomic E-state index is 12.6. The lowest BCUT2D eigenvalue weighted by molar-refractivity contribution is 0.625. The molecule has 66 valence electrons. The average molecular weight is 187 g/mol. The van der Waals surface area contributed by atoms with E-state index >= 15 is 0 Å². The molecule has 0 fully saturated rings. The van der Waals surface area contributed by atoms with E-state index in [1.165, 1.54) is 11.6 Å². The van der Waals surface area contributed by atoms with Gasteiger partial charge in [-0.1, -0.05) is 6.07 Å². The summed E-state index contributed by atoms with van der Waals surface area (Å²) in [6, 6.07) is 4.89. The molecule has 0 aromatic heterocycles. The Hall–Kier alpha value is -0.560. The minimum absolute atomic E-state index is 0.165. The number of benzene rings is 1. The molecule has 0 nitrogen and oxygen atoms in total. The smallest absolute Gasteiger partial charge is 0.123 e. The lowest BCUT2D eigenvalue weighted by Gasteiger charge is -2.03. The first-order chi connectivity index (χ1) is 5.74. The van der Waals surface area contributed by atoms with Gasteiger partial charge in [0.2, 0.25) is 0 Å². The van der Waals surface area contributed by atoms with Gasteiger partial charge in [0.05, 0.1) is 0 Å². The highest BCUT2D eigenvalue weighted by Gasteiger charge is 1.98. The molecule has 0 heterocycles. The Morgan fingerprint density at radius 2 is 2.17 bits per heavy atom. The molecule has 0 N–H and O–H groups in total. The van der Waals surface area contributed by atoms with Crippen molar-refractivity contribution >= 4 is 11.6 Å². The van der Waals surface area contributed by atoms with Gasteiger partial charge in [-0.15, -0.1) is 11.6 Å². The standard InChI is InChI=1S/C10H12ClF/c1-8-7-10(12)5-4-9(8)3-2-6-11/h4-5,7H,2-3,6H2,1H3. The van der Waals surface area contributed by atoms with E-state index in [1.807, 2.05) is 13.0 Å². The first kappa shape index (κ1) is 9.53. The number of rotatable bonds is 3. The third kappa shape index (κ3) is 2.49. The van der Waals surface area contributed by atoms with Crippen molar-refractivity contribution < 1.29 is 4.39 Å². The van der Waals surface area contributed by atoms with Crippen LogP contribution in [0, 0.1) is 12.7 Å². The molecule has 0 aliphatic rings. The predicted octanol–water partition coefficient (Wildman–Crippen LogP) is 3.31. The topological polar surface area (TPSA) is 0 Å². The van der Waals surface area contributed by atoms with E-state index in [0.29, 0.717) is 5.88 Å². The van der Waals surface area contributed by atoms with Crippen molar-refractivity contribution in [1.82, 2.24) is 0 Å². The van der Waals surface area contributed by atoms with Gasteiger partial charge in [-0.25, -0.2) is 4.39 Å². The van der Waals surface area contributed by atoms with Crippen LogP contribution in [-0.2, 0) is 6.42 Å². The van der Waals surface area contributed by atoms with Crippen LogP contribution in [0.15, 0.2) is 18.2 Å². The summed E-state index contributed by atoms with van der Waals surface area (Å²) in [5.41, 5.74) is 2.21. The third-order valence-electron chi connectivity index (χ3n) is 1.88. The zero-order chi connectivity index (χ0) is 8.97. The lowest BCUT2D eigenvalue weighted by Crippen LogP contribution is -1.91. The second kappa shape index (κ2) is 4.46. The van der Waals surface area contributed by atoms with Crippen molar-refractivity contribution in [1.29, 1.82) is 0 Å². The van der Waals surface area contributed by atoms with Crippen molar-refractivity contribution in [3.63, 3.8) is 0 Å². The van der Waals surface area contributed by atoms with Crippen molar-refractivity contribution in [3.8, 4) is 0 Å². The van der Waals surface area contributed by atoms with E-state index in [-0.39, 0.29) is 5.82 Å². The second-order valence-electron chi connectivity index (χ2n) is 2.86. The molecule has 0 atom stereocenters. The van der Waals surface area contributed by atoms with Gasteiger partial charge in [0.25, 0.3) is 0 Å². The van der Waals surface area contributed by atoms with Crippen LogP contribution in [0.5, 0.6) is 0 Å². The molecule has 0 aliphatic heterocycles. The molecule has 0 radical (unpaired) electrons. The minimum atomic E-state index is -0.165. The second-order valence-corrected chi connectivity index (χ2v) is 3.24. The van der Waals surface area contributed by atoms with E-state index < -0.39 is 0 Å². The van der Waals surface area contributed by atoms with Crippen molar-refractivity contribution in [2.45, 2.75) is 19.8 Å². The highest BCUT2D eigenvalue weighted by molar-refractivity contribution is 6.17. The van der Waals surface area contributed by atoms with Gasteiger partial charge >= 0.3 is 0 Å². The predicted molar refractivity (Wildman–Crippen MR) is 50.2 cm³/mol. The van der Waals surface area contributed by atoms with Crippen molar-refractivity contribution in [2.24, 2.45) is 0 Å². The quantitative estimate of drug-likeness (QED) is 0.636. The van der Waals surface area contributed by atoms with Crippen LogP contribution in [0.1, 0.15) is 17.5 Å². The molecule has 12 heavy (non-hydrogen) atoms. The van der Waals surface area contributed by atoms with Gasteiger partial charge in [0.15, 0.2) is 0 Å². The fraction of sp³-hybridized carbons (Fsp3) is 0.400. The molecule has 1 aromatic carbocycles. The summed E-state index contributed by atoms with van der Waals surface area (Å²) >= 11 is 5.56. The van der Waals surface area contributed by atoms with Crippen molar-refractivity contribution in [3.05, 3.63) is 35.1 Å². The molecular formula is C10H12ClF. The zero-order valence-electron chi connectivity index (χ0n) is 7.11. The van der Waals surface area contributed by atoms with Gasteiger partial charge in [-0.2, -0.15) is 0 Å². The van der Waals surface area contributed by atoms with Crippen LogP contribution in [0.25, 0.3) is 0 Å². The van der Waals surface area contributed by atoms with Gasteiger partial charge in [0, 0.05) is 5.88 Å². The summed E-state index contributed by atoms with van der Waals surface area (Å²) in [7, 11) is 0. The molecule has 0 unspecified atom stereocenters. The average Bonchev–Trinajstić information content (AvgIpc) is 2.03. The Balaban J connectivity index is 2.72. The SMILES string of the molecule is Cc1cc(F)ccc1CCCCl. The van der Waals surface area contributed by atoms with Crippen LogP contribution in [0.4, 0.5) is 4.39 Å². The molecule has 1 rings (SSSR count). The molecular weight excluding hydrogens is 175 g/mol. The van der Waals surface area contributed by atoms with Crippen LogP contribution < -0.4 is 0 Å². The summed E-state index contributed by atoms with van der Waals surface area (Å²) in [5.74, 6) is 0.499. The van der Waals surface area contributed by atoms with Crippen LogP contribution >= 0.6 is 11.6 Å². The Bertz CT molecular complexity index is 258. The number of alkyl halides is 1. The highest BCUT2D eigenvalue weighted by Crippen LogP contribution is 2.12. The largest absolute Gasteiger partial charge is 0.207 e. The van der Waals surface area contributed by atoms with Crippen LogP contribution in [0.3, 0.4) is 0 Å². The summed E-state index contributed by atoms with van der Waals surface area (Å²) in [5, 5.41) is 0. The van der Waals surface area contributed by atoms with E-state index in [1.54, 1.807) is 6.07 Å². The third-order valence-corrected chi connectivity index (χ3v) is 2.15. The number of hydrogen-bond donors (Lipinski definition) is 0. The Labute approximate surface area is 77.4 Å². The Morgan fingerprint density at radius 3 is 2.75 bits per heavy atom. The molecule has 0 spiro atoms. The molecule has 0 bridgehead atoms. The van der Waals surface area contributed by atoms with E-state index in [4.69, 9.17) is 11.6 Å². The fourth-order valence-electron chi connectivity index (χ4n) is 1.20. The lowest BCUT2D eigenvalue weighted by atomic mass is 10.0. The molecule has 1 aromatic rings.